The summed E-state index contributed by atoms with van der Waals surface area (Å²) in [5, 5.41) is 2.34. The van der Waals surface area contributed by atoms with Gasteiger partial charge in [-0.1, -0.05) is 19.1 Å². The lowest BCUT2D eigenvalue weighted by atomic mass is 10.1. The zero-order valence-electron chi connectivity index (χ0n) is 16.0. The van der Waals surface area contributed by atoms with Crippen LogP contribution in [0.15, 0.2) is 48.5 Å². The van der Waals surface area contributed by atoms with E-state index < -0.39 is 17.8 Å². The number of hydrogen-bond donors (Lipinski definition) is 3. The van der Waals surface area contributed by atoms with Gasteiger partial charge in [0.25, 0.3) is 11.8 Å². The number of ether oxygens (including phenoxy) is 2. The van der Waals surface area contributed by atoms with Crippen molar-refractivity contribution in [1.29, 1.82) is 0 Å². The molecule has 2 aromatic carbocycles. The smallest absolute Gasteiger partial charge is 0.337 e. The SMILES string of the molecule is CCCOc1ccccc1C(=O)NNC(=S)NC(=O)c1ccc(C(=O)OC)cc1. The van der Waals surface area contributed by atoms with Crippen molar-refractivity contribution in [3.63, 3.8) is 0 Å². The minimum Gasteiger partial charge on any atom is -0.493 e. The van der Waals surface area contributed by atoms with Gasteiger partial charge in [0.2, 0.25) is 0 Å². The summed E-state index contributed by atoms with van der Waals surface area (Å²) < 4.78 is 10.1. The third kappa shape index (κ3) is 6.28. The highest BCUT2D eigenvalue weighted by atomic mass is 32.1. The van der Waals surface area contributed by atoms with E-state index in [-0.39, 0.29) is 10.7 Å². The predicted molar refractivity (Wildman–Crippen MR) is 111 cm³/mol. The van der Waals surface area contributed by atoms with Crippen LogP contribution in [0.1, 0.15) is 44.4 Å². The number of amides is 2. The van der Waals surface area contributed by atoms with Crippen LogP contribution < -0.4 is 20.9 Å². The molecule has 8 nitrogen and oxygen atoms in total. The third-order valence-electron chi connectivity index (χ3n) is 3.68. The molecule has 0 heterocycles. The fourth-order valence-corrected chi connectivity index (χ4v) is 2.40. The summed E-state index contributed by atoms with van der Waals surface area (Å²) in [4.78, 5) is 36.0. The van der Waals surface area contributed by atoms with E-state index in [0.717, 1.165) is 6.42 Å². The van der Waals surface area contributed by atoms with E-state index in [2.05, 4.69) is 20.9 Å². The zero-order valence-corrected chi connectivity index (χ0v) is 16.8. The maximum atomic E-state index is 12.3. The van der Waals surface area contributed by atoms with Crippen molar-refractivity contribution in [3.8, 4) is 5.75 Å². The normalized spacial score (nSPS) is 9.86. The molecule has 2 amide bonds. The summed E-state index contributed by atoms with van der Waals surface area (Å²) in [7, 11) is 1.27. The Labute approximate surface area is 173 Å². The first-order chi connectivity index (χ1) is 14.0. The number of methoxy groups -OCH3 is 1. The van der Waals surface area contributed by atoms with Gasteiger partial charge in [0, 0.05) is 5.56 Å². The van der Waals surface area contributed by atoms with Gasteiger partial charge >= 0.3 is 5.97 Å². The molecule has 9 heteroatoms. The molecule has 3 N–H and O–H groups in total. The monoisotopic (exact) mass is 415 g/mol. The molecule has 2 rings (SSSR count). The molecule has 0 aliphatic carbocycles. The Kier molecular flexibility index (Phi) is 8.11. The van der Waals surface area contributed by atoms with Crippen molar-refractivity contribution in [2.45, 2.75) is 13.3 Å². The number of rotatable bonds is 6. The quantitative estimate of drug-likeness (QED) is 0.377. The van der Waals surface area contributed by atoms with Crippen molar-refractivity contribution in [2.75, 3.05) is 13.7 Å². The summed E-state index contributed by atoms with van der Waals surface area (Å²) in [6.45, 7) is 2.45. The van der Waals surface area contributed by atoms with Crippen molar-refractivity contribution in [2.24, 2.45) is 0 Å². The van der Waals surface area contributed by atoms with E-state index >= 15 is 0 Å². The molecule has 0 unspecified atom stereocenters. The van der Waals surface area contributed by atoms with Gasteiger partial charge in [-0.2, -0.15) is 0 Å². The number of nitrogens with one attached hydrogen (secondary N) is 3. The van der Waals surface area contributed by atoms with E-state index in [0.29, 0.717) is 23.5 Å². The summed E-state index contributed by atoms with van der Waals surface area (Å²) in [5.41, 5.74) is 5.83. The number of carbonyl (C=O) groups excluding carboxylic acids is 3. The van der Waals surface area contributed by atoms with Gasteiger partial charge in [-0.15, -0.1) is 0 Å². The molecule has 0 fully saturated rings. The van der Waals surface area contributed by atoms with Crippen LogP contribution in [0.3, 0.4) is 0 Å². The van der Waals surface area contributed by atoms with Gasteiger partial charge in [-0.25, -0.2) is 4.79 Å². The number of benzene rings is 2. The van der Waals surface area contributed by atoms with Gasteiger partial charge in [-0.3, -0.25) is 25.8 Å². The van der Waals surface area contributed by atoms with E-state index in [1.54, 1.807) is 24.3 Å². The van der Waals surface area contributed by atoms with Gasteiger partial charge in [-0.05, 0) is 55.0 Å². The average Bonchev–Trinajstić information content (AvgIpc) is 2.75. The highest BCUT2D eigenvalue weighted by molar-refractivity contribution is 7.80. The molecule has 0 bridgehead atoms. The molecular formula is C20H21N3O5S. The van der Waals surface area contributed by atoms with Crippen LogP contribution in [0.5, 0.6) is 5.75 Å². The lowest BCUT2D eigenvalue weighted by Gasteiger charge is -2.13. The van der Waals surface area contributed by atoms with Crippen LogP contribution in [0.2, 0.25) is 0 Å². The zero-order chi connectivity index (χ0) is 21.2. The molecule has 2 aromatic rings. The topological polar surface area (TPSA) is 106 Å². The van der Waals surface area contributed by atoms with Crippen LogP contribution in [0.25, 0.3) is 0 Å². The number of esters is 1. The molecule has 0 saturated heterocycles. The highest BCUT2D eigenvalue weighted by Gasteiger charge is 2.14. The minimum absolute atomic E-state index is 0.0904. The largest absolute Gasteiger partial charge is 0.493 e. The van der Waals surface area contributed by atoms with Crippen LogP contribution in [0, 0.1) is 0 Å². The molecule has 0 aromatic heterocycles. The molecule has 0 radical (unpaired) electrons. The highest BCUT2D eigenvalue weighted by Crippen LogP contribution is 2.17. The third-order valence-corrected chi connectivity index (χ3v) is 3.88. The van der Waals surface area contributed by atoms with Crippen LogP contribution in [-0.2, 0) is 4.74 Å². The average molecular weight is 415 g/mol. The van der Waals surface area contributed by atoms with Gasteiger partial charge < -0.3 is 9.47 Å². The Morgan fingerprint density at radius 2 is 1.59 bits per heavy atom. The molecular weight excluding hydrogens is 394 g/mol. The minimum atomic E-state index is -0.500. The number of para-hydroxylation sites is 1. The Morgan fingerprint density at radius 1 is 0.931 bits per heavy atom. The van der Waals surface area contributed by atoms with Gasteiger partial charge in [0.15, 0.2) is 5.11 Å². The van der Waals surface area contributed by atoms with Crippen LogP contribution >= 0.6 is 12.2 Å². The molecule has 29 heavy (non-hydrogen) atoms. The maximum Gasteiger partial charge on any atom is 0.337 e. The molecule has 152 valence electrons. The van der Waals surface area contributed by atoms with E-state index in [4.69, 9.17) is 17.0 Å². The van der Waals surface area contributed by atoms with E-state index in [9.17, 15) is 14.4 Å². The van der Waals surface area contributed by atoms with Crippen LogP contribution in [0.4, 0.5) is 0 Å². The molecule has 0 aliphatic rings. The molecule has 0 spiro atoms. The van der Waals surface area contributed by atoms with Gasteiger partial charge in [0.1, 0.15) is 5.75 Å². The van der Waals surface area contributed by atoms with Crippen molar-refractivity contribution >= 4 is 35.1 Å². The molecule has 0 saturated carbocycles. The van der Waals surface area contributed by atoms with E-state index in [1.807, 2.05) is 6.92 Å². The second-order valence-corrected chi connectivity index (χ2v) is 6.18. The van der Waals surface area contributed by atoms with Crippen molar-refractivity contribution < 1.29 is 23.9 Å². The Hall–Kier alpha value is -3.46. The first-order valence-corrected chi connectivity index (χ1v) is 9.19. The van der Waals surface area contributed by atoms with Crippen molar-refractivity contribution in [1.82, 2.24) is 16.2 Å². The number of hydrazine groups is 1. The Bertz CT molecular complexity index is 899. The standard InChI is InChI=1S/C20H21N3O5S/c1-3-12-28-16-7-5-4-6-15(16)18(25)22-23-20(29)21-17(24)13-8-10-14(11-9-13)19(26)27-2/h4-11H,3,12H2,1-2H3,(H,22,25)(H2,21,23,24,29). The summed E-state index contributed by atoms with van der Waals surface area (Å²) in [5.74, 6) is -1.01. The predicted octanol–water partition coefficient (Wildman–Crippen LogP) is 2.21. The number of thiocarbonyl (C=S) groups is 1. The fraction of sp³-hybridized carbons (Fsp3) is 0.200. The lowest BCUT2D eigenvalue weighted by molar-refractivity contribution is 0.0600. The summed E-state index contributed by atoms with van der Waals surface area (Å²) in [6.07, 6.45) is 0.810. The fourth-order valence-electron chi connectivity index (χ4n) is 2.26. The second kappa shape index (κ2) is 10.8. The lowest BCUT2D eigenvalue weighted by Crippen LogP contribution is -2.48. The Morgan fingerprint density at radius 3 is 2.24 bits per heavy atom. The summed E-state index contributed by atoms with van der Waals surface area (Å²) >= 11 is 5.02. The molecule has 0 atom stereocenters. The number of hydrogen-bond acceptors (Lipinski definition) is 6. The van der Waals surface area contributed by atoms with E-state index in [1.165, 1.54) is 31.4 Å². The summed E-state index contributed by atoms with van der Waals surface area (Å²) in [6, 6.07) is 12.7. The Balaban J connectivity index is 1.90. The second-order valence-electron chi connectivity index (χ2n) is 5.78. The maximum absolute atomic E-state index is 12.3. The first kappa shape index (κ1) is 21.8. The first-order valence-electron chi connectivity index (χ1n) is 8.78. The number of carbonyl (C=O) groups is 3. The van der Waals surface area contributed by atoms with Gasteiger partial charge in [0.05, 0.1) is 24.8 Å². The van der Waals surface area contributed by atoms with Crippen LogP contribution in [-0.4, -0.2) is 36.6 Å². The molecule has 0 aliphatic heterocycles. The van der Waals surface area contributed by atoms with Crippen molar-refractivity contribution in [3.05, 3.63) is 65.2 Å².